The minimum atomic E-state index is -5.28. The van der Waals surface area contributed by atoms with Crippen LogP contribution in [-0.2, 0) is 9.13 Å². The second-order valence-corrected chi connectivity index (χ2v) is 7.86. The van der Waals surface area contributed by atoms with Gasteiger partial charge in [0.2, 0.25) is 5.75 Å². The van der Waals surface area contributed by atoms with Crippen LogP contribution < -0.4 is 92.2 Å². The Bertz CT molecular complexity index is 1020. The minimum Gasteiger partial charge on any atom is -0.746 e. The molecule has 0 amide bonds. The third-order valence-electron chi connectivity index (χ3n) is 3.55. The molecule has 166 valence electrons. The summed E-state index contributed by atoms with van der Waals surface area (Å²) in [5.41, 5.74) is 0.974. The Kier molecular flexibility index (Phi) is 21.0. The molecule has 0 aliphatic rings. The van der Waals surface area contributed by atoms with Crippen LogP contribution in [0.3, 0.4) is 0 Å². The van der Waals surface area contributed by atoms with E-state index in [9.17, 15) is 18.9 Å². The zero-order valence-corrected chi connectivity index (χ0v) is 29.8. The molecule has 2 rings (SSSR count). The van der Waals surface area contributed by atoms with E-state index >= 15 is 0 Å². The molecule has 2 atom stereocenters. The predicted octanol–water partition coefficient (Wildman–Crippen LogP) is -5.19. The number of benzene rings is 2. The Labute approximate surface area is 285 Å². The van der Waals surface area contributed by atoms with Crippen molar-refractivity contribution in [3.63, 3.8) is 0 Å². The van der Waals surface area contributed by atoms with Gasteiger partial charge in [0.05, 0.1) is 21.3 Å². The van der Waals surface area contributed by atoms with Crippen LogP contribution in [-0.4, -0.2) is 90.2 Å². The van der Waals surface area contributed by atoms with Crippen molar-refractivity contribution in [3.05, 3.63) is 41.5 Å². The van der Waals surface area contributed by atoms with E-state index in [1.54, 1.807) is 18.2 Å². The van der Waals surface area contributed by atoms with E-state index in [0.717, 1.165) is 12.1 Å². The van der Waals surface area contributed by atoms with E-state index in [0.29, 0.717) is 28.4 Å². The molecule has 0 spiro atoms. The number of hydrogen-bond donors (Lipinski definition) is 2. The molecule has 2 aromatic rings. The number of methoxy groups -OCH3 is 3. The number of hydrogen-bond acceptors (Lipinski definition) is 9. The fourth-order valence-electron chi connectivity index (χ4n) is 2.41. The predicted molar refractivity (Wildman–Crippen MR) is 114 cm³/mol. The number of ether oxygens (including phenoxy) is 3. The zero-order valence-electron chi connectivity index (χ0n) is 20.0. The third kappa shape index (κ3) is 13.3. The Morgan fingerprint density at radius 3 is 1.53 bits per heavy atom. The first kappa shape index (κ1) is 40.0. The van der Waals surface area contributed by atoms with E-state index in [1.807, 2.05) is 0 Å². The van der Waals surface area contributed by atoms with Crippen LogP contribution in [0.1, 0.15) is 11.1 Å². The molecule has 0 aliphatic heterocycles. The van der Waals surface area contributed by atoms with Crippen LogP contribution in [0.15, 0.2) is 30.3 Å². The molecule has 2 N–H and O–H groups in total. The van der Waals surface area contributed by atoms with Crippen LogP contribution >= 0.6 is 15.6 Å². The van der Waals surface area contributed by atoms with Crippen molar-refractivity contribution in [1.29, 1.82) is 0 Å². The summed E-state index contributed by atoms with van der Waals surface area (Å²) >= 11 is 0. The van der Waals surface area contributed by atoms with Crippen molar-refractivity contribution in [1.82, 2.24) is 0 Å². The van der Waals surface area contributed by atoms with E-state index in [1.165, 1.54) is 33.5 Å². The number of rotatable bonds is 9. The molecule has 0 saturated heterocycles. The summed E-state index contributed by atoms with van der Waals surface area (Å²) in [7, 11) is -6.15. The molecule has 17 heteroatoms. The maximum atomic E-state index is 11.0. The van der Waals surface area contributed by atoms with E-state index in [-0.39, 0.29) is 118 Å². The van der Waals surface area contributed by atoms with Gasteiger partial charge >= 0.3 is 74.8 Å². The van der Waals surface area contributed by atoms with Crippen LogP contribution in [0.2, 0.25) is 0 Å². The summed E-state index contributed by atoms with van der Waals surface area (Å²) in [6.07, 6.45) is 3.14. The first-order chi connectivity index (χ1) is 14.0. The third-order valence-corrected chi connectivity index (χ3v) is 4.41. The van der Waals surface area contributed by atoms with Gasteiger partial charge in [0.25, 0.3) is 0 Å². The molecule has 2 radical (unpaired) electrons. The Hall–Kier alpha value is 1.48. The molecule has 0 saturated carbocycles. The average Bonchev–Trinajstić information content (AvgIpc) is 2.64. The Balaban J connectivity index is -0.00000240. The molecular formula is C17H18Na4O11P2. The second-order valence-electron chi connectivity index (χ2n) is 5.62. The quantitative estimate of drug-likeness (QED) is 0.174. The summed E-state index contributed by atoms with van der Waals surface area (Å²) in [6, 6.07) is 6.80. The average molecular weight is 552 g/mol. The topological polar surface area (TPSA) is 167 Å². The van der Waals surface area contributed by atoms with E-state index in [2.05, 4.69) is 9.05 Å². The molecular weight excluding hydrogens is 534 g/mol. The first-order valence-corrected chi connectivity index (χ1v) is 11.0. The van der Waals surface area contributed by atoms with Crippen molar-refractivity contribution in [2.45, 2.75) is 0 Å². The summed E-state index contributed by atoms with van der Waals surface area (Å²) < 4.78 is 46.4. The normalized spacial score (nSPS) is 13.4. The molecule has 34 heavy (non-hydrogen) atoms. The van der Waals surface area contributed by atoms with Crippen molar-refractivity contribution in [3.8, 4) is 28.7 Å². The summed E-state index contributed by atoms with van der Waals surface area (Å²) in [5, 5.41) is 0. The summed E-state index contributed by atoms with van der Waals surface area (Å²) in [6.45, 7) is 0. The SMILES string of the molecule is COc1cc(/C=C\c2ccc(OP(=O)([O-])O)c(OP(=O)([O-])O)c2)cc(OC)c1OC.[Na+].[Na+].[Na].[Na]. The van der Waals surface area contributed by atoms with Crippen molar-refractivity contribution >= 4 is 86.9 Å². The standard InChI is InChI=1S/C17H20O11P2.4Na/c1-24-15-9-12(10-16(25-2)17(15)26-3)5-4-11-6-7-13(27-29(18,19)20)14(8-11)28-30(21,22)23;;;;/h4-10H,1-3H3,(H2,18,19,20)(H2,21,22,23);;;;/q;;;2*+1/p-2/b5-4-;;;;. The largest absolute Gasteiger partial charge is 1.00 e. The van der Waals surface area contributed by atoms with E-state index < -0.39 is 27.1 Å². The van der Waals surface area contributed by atoms with Crippen LogP contribution in [0.4, 0.5) is 0 Å². The second kappa shape index (κ2) is 17.9. The zero-order chi connectivity index (χ0) is 22.5. The van der Waals surface area contributed by atoms with Gasteiger partial charge in [-0.2, -0.15) is 0 Å². The summed E-state index contributed by atoms with van der Waals surface area (Å²) in [4.78, 5) is 39.7. The van der Waals surface area contributed by atoms with Gasteiger partial charge in [-0.25, -0.2) is 0 Å². The molecule has 2 unspecified atom stereocenters. The smallest absolute Gasteiger partial charge is 0.746 e. The van der Waals surface area contributed by atoms with Crippen molar-refractivity contribution in [2.24, 2.45) is 0 Å². The fraction of sp³-hybridized carbons (Fsp3) is 0.176. The van der Waals surface area contributed by atoms with Gasteiger partial charge in [0.15, 0.2) is 23.0 Å². The van der Waals surface area contributed by atoms with Crippen LogP contribution in [0.25, 0.3) is 12.2 Å². The molecule has 0 aromatic heterocycles. The number of phosphoric ester groups is 2. The van der Waals surface area contributed by atoms with Gasteiger partial charge < -0.3 is 42.8 Å². The summed E-state index contributed by atoms with van der Waals surface area (Å²) in [5.74, 6) is -0.0644. The first-order valence-electron chi connectivity index (χ1n) is 8.04. The molecule has 11 nitrogen and oxygen atoms in total. The van der Waals surface area contributed by atoms with Gasteiger partial charge in [-0.1, -0.05) is 18.2 Å². The molecule has 2 aromatic carbocycles. The van der Waals surface area contributed by atoms with E-state index in [4.69, 9.17) is 24.0 Å². The molecule has 0 aliphatic carbocycles. The Morgan fingerprint density at radius 2 is 1.12 bits per heavy atom. The van der Waals surface area contributed by atoms with Gasteiger partial charge in [0, 0.05) is 59.1 Å². The van der Waals surface area contributed by atoms with Crippen LogP contribution in [0.5, 0.6) is 28.7 Å². The molecule has 0 fully saturated rings. The van der Waals surface area contributed by atoms with Crippen LogP contribution in [0, 0.1) is 0 Å². The van der Waals surface area contributed by atoms with Gasteiger partial charge in [-0.15, -0.1) is 0 Å². The number of phosphoric acid groups is 2. The fourth-order valence-corrected chi connectivity index (χ4v) is 3.20. The maximum Gasteiger partial charge on any atom is 1.00 e. The van der Waals surface area contributed by atoms with Gasteiger partial charge in [0.1, 0.15) is 0 Å². The molecule has 0 bridgehead atoms. The molecule has 0 heterocycles. The minimum absolute atomic E-state index is 0. The van der Waals surface area contributed by atoms with Gasteiger partial charge in [-0.3, -0.25) is 9.13 Å². The maximum absolute atomic E-state index is 11.0. The Morgan fingerprint density at radius 1 is 0.706 bits per heavy atom. The monoisotopic (exact) mass is 552 g/mol. The van der Waals surface area contributed by atoms with Gasteiger partial charge in [-0.05, 0) is 35.4 Å². The van der Waals surface area contributed by atoms with Crippen molar-refractivity contribution in [2.75, 3.05) is 21.3 Å². The van der Waals surface area contributed by atoms with Crippen molar-refractivity contribution < 1.29 is 111 Å².